The molecule has 2 aromatic rings. The Balaban J connectivity index is 2.30. The average Bonchev–Trinajstić information content (AvgIpc) is 2.46. The van der Waals surface area contributed by atoms with Crippen molar-refractivity contribution in [3.8, 4) is 0 Å². The van der Waals surface area contributed by atoms with Gasteiger partial charge in [0.1, 0.15) is 0 Å². The molecular formula is C14H9F4NO. The maximum absolute atomic E-state index is 13.8. The van der Waals surface area contributed by atoms with E-state index >= 15 is 0 Å². The van der Waals surface area contributed by atoms with Crippen molar-refractivity contribution < 1.29 is 22.4 Å². The third-order valence-electron chi connectivity index (χ3n) is 2.60. The number of amides is 1. The molecule has 0 aliphatic heterocycles. The second-order valence-corrected chi connectivity index (χ2v) is 4.00. The number of rotatable bonds is 2. The van der Waals surface area contributed by atoms with E-state index in [1.165, 1.54) is 24.3 Å². The number of halogens is 4. The highest BCUT2D eigenvalue weighted by Gasteiger charge is 2.31. The quantitative estimate of drug-likeness (QED) is 0.596. The molecule has 0 spiro atoms. The largest absolute Gasteiger partial charge is 0.416 e. The highest BCUT2D eigenvalue weighted by Crippen LogP contribution is 2.30. The Kier molecular flexibility index (Phi) is 3.74. The first-order valence-electron chi connectivity index (χ1n) is 5.62. The summed E-state index contributed by atoms with van der Waals surface area (Å²) in [4.78, 5) is 11.8. The van der Waals surface area contributed by atoms with Gasteiger partial charge >= 0.3 is 6.18 Å². The van der Waals surface area contributed by atoms with E-state index in [1.54, 1.807) is 6.07 Å². The first-order chi connectivity index (χ1) is 9.39. The predicted octanol–water partition coefficient (Wildman–Crippen LogP) is 4.24. The van der Waals surface area contributed by atoms with E-state index in [0.29, 0.717) is 6.07 Å². The smallest absolute Gasteiger partial charge is 0.266 e. The van der Waals surface area contributed by atoms with Gasteiger partial charge in [-0.3, -0.25) is 4.79 Å². The van der Waals surface area contributed by atoms with E-state index in [2.05, 4.69) is 0 Å². The van der Waals surface area contributed by atoms with Crippen LogP contribution in [0.1, 0.15) is 15.9 Å². The van der Waals surface area contributed by atoms with Gasteiger partial charge in [0.15, 0.2) is 0 Å². The van der Waals surface area contributed by atoms with Gasteiger partial charge < -0.3 is 0 Å². The third kappa shape index (κ3) is 2.96. The summed E-state index contributed by atoms with van der Waals surface area (Å²) in [6.45, 7) is 0. The number of hydrogen-bond donors (Lipinski definition) is 0. The van der Waals surface area contributed by atoms with Gasteiger partial charge in [-0.15, -0.1) is 5.12 Å². The standard InChI is InChI=1S/C14H9F4NO/c15-14(16,17)11-6-4-5-10(9-11)13(20)19(18)12-7-2-1-3-8-12/h1-9H. The summed E-state index contributed by atoms with van der Waals surface area (Å²) in [6, 6.07) is 11.0. The minimum Gasteiger partial charge on any atom is -0.266 e. The van der Waals surface area contributed by atoms with Crippen LogP contribution < -0.4 is 5.12 Å². The van der Waals surface area contributed by atoms with Crippen molar-refractivity contribution in [2.75, 3.05) is 5.12 Å². The Morgan fingerprint density at radius 3 is 2.20 bits per heavy atom. The van der Waals surface area contributed by atoms with Crippen LogP contribution in [0.25, 0.3) is 0 Å². The molecule has 0 aromatic heterocycles. The number of nitrogens with zero attached hydrogens (tertiary/aromatic N) is 1. The first kappa shape index (κ1) is 14.0. The lowest BCUT2D eigenvalue weighted by Crippen LogP contribution is -2.22. The van der Waals surface area contributed by atoms with Gasteiger partial charge in [-0.05, 0) is 30.3 Å². The van der Waals surface area contributed by atoms with Crippen LogP contribution >= 0.6 is 0 Å². The lowest BCUT2D eigenvalue weighted by Gasteiger charge is -2.13. The maximum Gasteiger partial charge on any atom is 0.416 e. The molecule has 2 nitrogen and oxygen atoms in total. The molecule has 0 N–H and O–H groups in total. The monoisotopic (exact) mass is 283 g/mol. The van der Waals surface area contributed by atoms with Crippen molar-refractivity contribution >= 4 is 11.6 Å². The number of alkyl halides is 3. The zero-order valence-electron chi connectivity index (χ0n) is 10.1. The van der Waals surface area contributed by atoms with Gasteiger partial charge in [0.2, 0.25) is 0 Å². The molecule has 2 aromatic carbocycles. The predicted molar refractivity (Wildman–Crippen MR) is 65.8 cm³/mol. The SMILES string of the molecule is O=C(c1cccc(C(F)(F)F)c1)N(F)c1ccccc1. The first-order valence-corrected chi connectivity index (χ1v) is 5.62. The number of carbonyl (C=O) groups excluding carboxylic acids is 1. The fourth-order valence-electron chi connectivity index (χ4n) is 1.62. The molecule has 0 saturated carbocycles. The van der Waals surface area contributed by atoms with Crippen LogP contribution in [0.4, 0.5) is 23.3 Å². The number of carbonyl (C=O) groups is 1. The molecule has 1 amide bonds. The van der Waals surface area contributed by atoms with E-state index in [0.717, 1.165) is 18.2 Å². The molecule has 0 aliphatic rings. The number of anilines is 1. The Bertz CT molecular complexity index is 610. The van der Waals surface area contributed by atoms with Crippen LogP contribution in [0.2, 0.25) is 0 Å². The second-order valence-electron chi connectivity index (χ2n) is 4.00. The average molecular weight is 283 g/mol. The molecule has 0 saturated heterocycles. The summed E-state index contributed by atoms with van der Waals surface area (Å²) >= 11 is 0. The van der Waals surface area contributed by atoms with E-state index in [-0.39, 0.29) is 16.4 Å². The zero-order valence-corrected chi connectivity index (χ0v) is 10.1. The number of hydrogen-bond acceptors (Lipinski definition) is 1. The molecule has 0 fully saturated rings. The Morgan fingerprint density at radius 2 is 1.60 bits per heavy atom. The third-order valence-corrected chi connectivity index (χ3v) is 2.60. The van der Waals surface area contributed by atoms with Crippen molar-refractivity contribution in [1.82, 2.24) is 0 Å². The van der Waals surface area contributed by atoms with Gasteiger partial charge in [-0.25, -0.2) is 0 Å². The normalized spacial score (nSPS) is 11.2. The summed E-state index contributed by atoms with van der Waals surface area (Å²) in [7, 11) is 0. The Labute approximate surface area is 112 Å². The molecule has 6 heteroatoms. The van der Waals surface area contributed by atoms with Gasteiger partial charge in [0, 0.05) is 5.56 Å². The highest BCUT2D eigenvalue weighted by molar-refractivity contribution is 6.04. The van der Waals surface area contributed by atoms with Crippen molar-refractivity contribution in [1.29, 1.82) is 0 Å². The maximum atomic E-state index is 13.8. The molecule has 20 heavy (non-hydrogen) atoms. The lowest BCUT2D eigenvalue weighted by atomic mass is 10.1. The van der Waals surface area contributed by atoms with Gasteiger partial charge in [0.05, 0.1) is 11.3 Å². The van der Waals surface area contributed by atoms with Gasteiger partial charge in [0.25, 0.3) is 5.91 Å². The van der Waals surface area contributed by atoms with Crippen molar-refractivity contribution in [3.63, 3.8) is 0 Å². The number of benzene rings is 2. The van der Waals surface area contributed by atoms with Crippen LogP contribution in [-0.2, 0) is 6.18 Å². The summed E-state index contributed by atoms with van der Waals surface area (Å²) in [6.07, 6.45) is -4.58. The molecule has 104 valence electrons. The second kappa shape index (κ2) is 5.32. The van der Waals surface area contributed by atoms with Crippen LogP contribution in [0.3, 0.4) is 0 Å². The van der Waals surface area contributed by atoms with Crippen molar-refractivity contribution in [2.24, 2.45) is 0 Å². The fraction of sp³-hybridized carbons (Fsp3) is 0.0714. The molecule has 0 atom stereocenters. The van der Waals surface area contributed by atoms with E-state index in [4.69, 9.17) is 0 Å². The Morgan fingerprint density at radius 1 is 0.950 bits per heavy atom. The number of para-hydroxylation sites is 1. The summed E-state index contributed by atoms with van der Waals surface area (Å²) in [5.41, 5.74) is -1.41. The highest BCUT2D eigenvalue weighted by atomic mass is 19.4. The van der Waals surface area contributed by atoms with Crippen molar-refractivity contribution in [2.45, 2.75) is 6.18 Å². The van der Waals surface area contributed by atoms with E-state index < -0.39 is 17.6 Å². The molecule has 0 heterocycles. The Hall–Kier alpha value is -2.37. The van der Waals surface area contributed by atoms with E-state index in [9.17, 15) is 22.4 Å². The molecule has 0 unspecified atom stereocenters. The van der Waals surface area contributed by atoms with Crippen molar-refractivity contribution in [3.05, 3.63) is 65.7 Å². The molecule has 2 rings (SSSR count). The minimum absolute atomic E-state index is 0.0464. The molecule has 0 aliphatic carbocycles. The lowest BCUT2D eigenvalue weighted by molar-refractivity contribution is -0.137. The zero-order chi connectivity index (χ0) is 14.8. The fourth-order valence-corrected chi connectivity index (χ4v) is 1.62. The van der Waals surface area contributed by atoms with Crippen LogP contribution in [0.15, 0.2) is 54.6 Å². The topological polar surface area (TPSA) is 20.3 Å². The van der Waals surface area contributed by atoms with E-state index in [1.807, 2.05) is 0 Å². The molecular weight excluding hydrogens is 274 g/mol. The van der Waals surface area contributed by atoms with Crippen LogP contribution in [0.5, 0.6) is 0 Å². The molecule has 0 radical (unpaired) electrons. The summed E-state index contributed by atoms with van der Waals surface area (Å²) < 4.78 is 51.5. The van der Waals surface area contributed by atoms with Gasteiger partial charge in [-0.1, -0.05) is 28.7 Å². The molecule has 0 bridgehead atoms. The van der Waals surface area contributed by atoms with Crippen LogP contribution in [-0.4, -0.2) is 5.91 Å². The van der Waals surface area contributed by atoms with Gasteiger partial charge in [-0.2, -0.15) is 13.2 Å². The summed E-state index contributed by atoms with van der Waals surface area (Å²) in [5, 5.41) is -0.185. The van der Waals surface area contributed by atoms with Crippen LogP contribution in [0, 0.1) is 0 Å². The summed E-state index contributed by atoms with van der Waals surface area (Å²) in [5.74, 6) is -1.15. The minimum atomic E-state index is -4.58.